The van der Waals surface area contributed by atoms with Crippen molar-refractivity contribution < 1.29 is 28.6 Å². The number of rotatable bonds is 65. The molecular formula is C75H134O6. The van der Waals surface area contributed by atoms with E-state index >= 15 is 0 Å². The van der Waals surface area contributed by atoms with Gasteiger partial charge in [0.15, 0.2) is 6.10 Å². The molecule has 0 bridgehead atoms. The third-order valence-corrected chi connectivity index (χ3v) is 15.7. The van der Waals surface area contributed by atoms with Crippen molar-refractivity contribution in [2.24, 2.45) is 0 Å². The monoisotopic (exact) mass is 1130 g/mol. The molecular weight excluding hydrogens is 997 g/mol. The molecule has 0 aliphatic heterocycles. The highest BCUT2D eigenvalue weighted by atomic mass is 16.6. The van der Waals surface area contributed by atoms with Crippen LogP contribution in [0.4, 0.5) is 0 Å². The lowest BCUT2D eigenvalue weighted by Gasteiger charge is -2.18. The van der Waals surface area contributed by atoms with Gasteiger partial charge in [-0.2, -0.15) is 0 Å². The van der Waals surface area contributed by atoms with Crippen LogP contribution in [0.5, 0.6) is 0 Å². The van der Waals surface area contributed by atoms with Crippen molar-refractivity contribution in [1.82, 2.24) is 0 Å². The lowest BCUT2D eigenvalue weighted by atomic mass is 10.1. The Kier molecular flexibility index (Phi) is 66.6. The largest absolute Gasteiger partial charge is 0.462 e. The summed E-state index contributed by atoms with van der Waals surface area (Å²) in [4.78, 5) is 38.5. The van der Waals surface area contributed by atoms with Crippen LogP contribution in [-0.4, -0.2) is 37.2 Å². The van der Waals surface area contributed by atoms with Crippen LogP contribution in [0.1, 0.15) is 367 Å². The molecule has 0 N–H and O–H groups in total. The van der Waals surface area contributed by atoms with Gasteiger partial charge in [-0.3, -0.25) is 14.4 Å². The van der Waals surface area contributed by atoms with Crippen molar-refractivity contribution in [3.8, 4) is 0 Å². The van der Waals surface area contributed by atoms with E-state index in [2.05, 4.69) is 93.7 Å². The molecule has 470 valence electrons. The van der Waals surface area contributed by atoms with Crippen LogP contribution in [-0.2, 0) is 28.6 Å². The smallest absolute Gasteiger partial charge is 0.306 e. The number of hydrogen-bond donors (Lipinski definition) is 0. The third kappa shape index (κ3) is 67.5. The van der Waals surface area contributed by atoms with E-state index in [4.69, 9.17) is 14.2 Å². The zero-order chi connectivity index (χ0) is 58.5. The lowest BCUT2D eigenvalue weighted by molar-refractivity contribution is -0.167. The van der Waals surface area contributed by atoms with Crippen LogP contribution >= 0.6 is 0 Å². The Morgan fingerprint density at radius 3 is 0.679 bits per heavy atom. The van der Waals surface area contributed by atoms with E-state index in [0.29, 0.717) is 19.3 Å². The van der Waals surface area contributed by atoms with Crippen LogP contribution in [0, 0.1) is 0 Å². The maximum absolute atomic E-state index is 13.0. The van der Waals surface area contributed by atoms with Gasteiger partial charge in [-0.15, -0.1) is 0 Å². The number of allylic oxidation sites excluding steroid dienone is 12. The first-order valence-electron chi connectivity index (χ1n) is 35.4. The first-order chi connectivity index (χ1) is 40.0. The Morgan fingerprint density at radius 1 is 0.247 bits per heavy atom. The molecule has 0 amide bonds. The van der Waals surface area contributed by atoms with Crippen LogP contribution < -0.4 is 0 Å². The predicted molar refractivity (Wildman–Crippen MR) is 353 cm³/mol. The summed E-state index contributed by atoms with van der Waals surface area (Å²) in [5, 5.41) is 0. The fourth-order valence-electron chi connectivity index (χ4n) is 10.3. The SMILES string of the molecule is CCCCCCC/C=C\C/C=C\CCCCCCCCCCCC(=O)OCC(COC(=O)CCCCCCCCCCC/C=C\C/C=C\CCCCCCC)OC(=O)CCCCCCCCCCC/C=C\C/C=C\CCCCCCC. The van der Waals surface area contributed by atoms with Crippen molar-refractivity contribution in [2.75, 3.05) is 13.2 Å². The summed E-state index contributed by atoms with van der Waals surface area (Å²) in [6.07, 6.45) is 90.5. The summed E-state index contributed by atoms with van der Waals surface area (Å²) in [7, 11) is 0. The highest BCUT2D eigenvalue weighted by Crippen LogP contribution is 2.17. The molecule has 0 aromatic rings. The summed E-state index contributed by atoms with van der Waals surface area (Å²) in [6.45, 7) is 6.65. The van der Waals surface area contributed by atoms with Crippen LogP contribution in [0.2, 0.25) is 0 Å². The zero-order valence-electron chi connectivity index (χ0n) is 54.1. The molecule has 0 spiro atoms. The van der Waals surface area contributed by atoms with Crippen molar-refractivity contribution >= 4 is 17.9 Å². The van der Waals surface area contributed by atoms with Gasteiger partial charge in [0.05, 0.1) is 0 Å². The Labute approximate surface area is 503 Å². The highest BCUT2D eigenvalue weighted by Gasteiger charge is 2.19. The molecule has 0 unspecified atom stereocenters. The van der Waals surface area contributed by atoms with Gasteiger partial charge in [-0.25, -0.2) is 0 Å². The maximum Gasteiger partial charge on any atom is 0.306 e. The van der Waals surface area contributed by atoms with Gasteiger partial charge in [0, 0.05) is 19.3 Å². The third-order valence-electron chi connectivity index (χ3n) is 15.7. The van der Waals surface area contributed by atoms with E-state index in [1.54, 1.807) is 0 Å². The average Bonchev–Trinajstić information content (AvgIpc) is 3.47. The Hall–Kier alpha value is -3.15. The number of hydrogen-bond acceptors (Lipinski definition) is 6. The summed E-state index contributed by atoms with van der Waals surface area (Å²) in [5.41, 5.74) is 0. The van der Waals surface area contributed by atoms with Crippen molar-refractivity contribution in [3.63, 3.8) is 0 Å². The summed E-state index contributed by atoms with van der Waals surface area (Å²) >= 11 is 0. The van der Waals surface area contributed by atoms with Gasteiger partial charge in [-0.05, 0) is 116 Å². The van der Waals surface area contributed by atoms with Crippen molar-refractivity contribution in [1.29, 1.82) is 0 Å². The molecule has 0 radical (unpaired) electrons. The maximum atomic E-state index is 13.0. The van der Waals surface area contributed by atoms with E-state index in [-0.39, 0.29) is 31.1 Å². The van der Waals surface area contributed by atoms with E-state index in [1.165, 1.54) is 250 Å². The molecule has 0 heterocycles. The molecule has 0 aliphatic rings. The number of carbonyl (C=O) groups is 3. The molecule has 6 nitrogen and oxygen atoms in total. The van der Waals surface area contributed by atoms with Crippen LogP contribution in [0.25, 0.3) is 0 Å². The molecule has 81 heavy (non-hydrogen) atoms. The number of esters is 3. The standard InChI is InChI=1S/C75H134O6/c1-4-7-10-13-16-19-22-25-28-31-34-37-40-43-46-49-52-55-58-61-64-67-73(76)79-70-72(81-75(78)69-66-63-60-57-54-51-48-45-42-39-36-33-30-27-24-21-18-15-12-9-6-3)71-80-74(77)68-65-62-59-56-53-50-47-44-41-38-35-32-29-26-23-20-17-14-11-8-5-2/h22-27,31-36,72H,4-21,28-30,37-71H2,1-3H3/b25-22-,26-23-,27-24-,34-31-,35-32-,36-33-. The Balaban J connectivity index is 4.38. The van der Waals surface area contributed by atoms with Crippen LogP contribution in [0.3, 0.4) is 0 Å². The van der Waals surface area contributed by atoms with E-state index in [1.807, 2.05) is 0 Å². The number of carbonyl (C=O) groups excluding carboxylic acids is 3. The summed E-state index contributed by atoms with van der Waals surface area (Å²) in [5.74, 6) is -0.870. The Bertz CT molecular complexity index is 1410. The second-order valence-corrected chi connectivity index (χ2v) is 23.8. The molecule has 0 fully saturated rings. The zero-order valence-corrected chi connectivity index (χ0v) is 54.1. The minimum atomic E-state index is -0.784. The van der Waals surface area contributed by atoms with E-state index in [9.17, 15) is 14.4 Å². The van der Waals surface area contributed by atoms with E-state index < -0.39 is 6.10 Å². The molecule has 0 aromatic carbocycles. The van der Waals surface area contributed by atoms with Gasteiger partial charge < -0.3 is 14.2 Å². The minimum Gasteiger partial charge on any atom is -0.462 e. The van der Waals surface area contributed by atoms with Gasteiger partial charge in [-0.1, -0.05) is 306 Å². The van der Waals surface area contributed by atoms with Crippen LogP contribution in [0.15, 0.2) is 72.9 Å². The molecule has 0 rings (SSSR count). The van der Waals surface area contributed by atoms with Gasteiger partial charge in [0.25, 0.3) is 0 Å². The second-order valence-electron chi connectivity index (χ2n) is 23.8. The quantitative estimate of drug-likeness (QED) is 0.0261. The first kappa shape index (κ1) is 77.9. The number of unbranched alkanes of at least 4 members (excludes halogenated alkanes) is 42. The molecule has 0 aromatic heterocycles. The molecule has 0 atom stereocenters. The topological polar surface area (TPSA) is 78.9 Å². The molecule has 0 saturated heterocycles. The van der Waals surface area contributed by atoms with Gasteiger partial charge in [0.2, 0.25) is 0 Å². The first-order valence-corrected chi connectivity index (χ1v) is 35.4. The Morgan fingerprint density at radius 2 is 0.444 bits per heavy atom. The average molecular weight is 1130 g/mol. The molecule has 0 aliphatic carbocycles. The van der Waals surface area contributed by atoms with Crippen molar-refractivity contribution in [2.45, 2.75) is 374 Å². The predicted octanol–water partition coefficient (Wildman–Crippen LogP) is 24.4. The lowest BCUT2D eigenvalue weighted by Crippen LogP contribution is -2.30. The fraction of sp³-hybridized carbons (Fsp3) is 0.800. The highest BCUT2D eigenvalue weighted by molar-refractivity contribution is 5.71. The normalized spacial score (nSPS) is 12.1. The van der Waals surface area contributed by atoms with E-state index in [0.717, 1.165) is 77.0 Å². The fourth-order valence-corrected chi connectivity index (χ4v) is 10.3. The molecule has 0 saturated carbocycles. The molecule has 6 heteroatoms. The number of ether oxygens (including phenoxy) is 3. The van der Waals surface area contributed by atoms with Crippen molar-refractivity contribution in [3.05, 3.63) is 72.9 Å². The minimum absolute atomic E-state index is 0.0788. The van der Waals surface area contributed by atoms with Gasteiger partial charge in [0.1, 0.15) is 13.2 Å². The van der Waals surface area contributed by atoms with Gasteiger partial charge >= 0.3 is 17.9 Å². The summed E-state index contributed by atoms with van der Waals surface area (Å²) in [6, 6.07) is 0. The second kappa shape index (κ2) is 69.3. The summed E-state index contributed by atoms with van der Waals surface area (Å²) < 4.78 is 17.0.